The van der Waals surface area contributed by atoms with Gasteiger partial charge in [-0.1, -0.05) is 23.7 Å². The van der Waals surface area contributed by atoms with Gasteiger partial charge in [0.05, 0.1) is 13.2 Å². The fourth-order valence-electron chi connectivity index (χ4n) is 2.16. The second-order valence-corrected chi connectivity index (χ2v) is 7.12. The molecule has 0 heterocycles. The predicted octanol–water partition coefficient (Wildman–Crippen LogP) is 2.49. The summed E-state index contributed by atoms with van der Waals surface area (Å²) in [5, 5.41) is 8.55. The maximum atomic E-state index is 12.4. The summed E-state index contributed by atoms with van der Waals surface area (Å²) in [5.74, 6) is -0.343. The highest BCUT2D eigenvalue weighted by Crippen LogP contribution is 2.24. The highest BCUT2D eigenvalue weighted by Gasteiger charge is 2.19. The SMILES string of the molecule is COc1ccc(C(=O)N[C@H](C)c2ccc(Cl)cc2)cc1S(N)(=O)=O. The molecule has 0 fully saturated rings. The minimum Gasteiger partial charge on any atom is -0.495 e. The van der Waals surface area contributed by atoms with E-state index in [1.54, 1.807) is 24.3 Å². The zero-order chi connectivity index (χ0) is 17.9. The summed E-state index contributed by atoms with van der Waals surface area (Å²) in [6.07, 6.45) is 0. The van der Waals surface area contributed by atoms with Gasteiger partial charge in [0, 0.05) is 10.6 Å². The fourth-order valence-corrected chi connectivity index (χ4v) is 3.00. The Labute approximate surface area is 145 Å². The van der Waals surface area contributed by atoms with E-state index < -0.39 is 15.9 Å². The number of ether oxygens (including phenoxy) is 1. The van der Waals surface area contributed by atoms with Crippen molar-refractivity contribution in [2.45, 2.75) is 17.9 Å². The number of sulfonamides is 1. The molecule has 0 aliphatic carbocycles. The van der Waals surface area contributed by atoms with Crippen LogP contribution in [-0.2, 0) is 10.0 Å². The molecule has 6 nitrogen and oxygen atoms in total. The maximum Gasteiger partial charge on any atom is 0.251 e. The first-order valence-corrected chi connectivity index (χ1v) is 8.92. The molecule has 1 amide bonds. The van der Waals surface area contributed by atoms with Crippen LogP contribution in [0.15, 0.2) is 47.4 Å². The quantitative estimate of drug-likeness (QED) is 0.846. The third-order valence-electron chi connectivity index (χ3n) is 3.45. The van der Waals surface area contributed by atoms with Crippen LogP contribution in [-0.4, -0.2) is 21.4 Å². The van der Waals surface area contributed by atoms with Crippen LogP contribution >= 0.6 is 11.6 Å². The van der Waals surface area contributed by atoms with Gasteiger partial charge in [0.2, 0.25) is 10.0 Å². The number of amides is 1. The number of halogens is 1. The second-order valence-electron chi connectivity index (χ2n) is 5.16. The Bertz CT molecular complexity index is 851. The highest BCUT2D eigenvalue weighted by atomic mass is 35.5. The Morgan fingerprint density at radius 3 is 2.38 bits per heavy atom. The van der Waals surface area contributed by atoms with E-state index in [1.807, 2.05) is 6.92 Å². The molecule has 0 saturated heterocycles. The number of carbonyl (C=O) groups excluding carboxylic acids is 1. The van der Waals surface area contributed by atoms with Gasteiger partial charge in [-0.3, -0.25) is 4.79 Å². The van der Waals surface area contributed by atoms with Crippen molar-refractivity contribution >= 4 is 27.5 Å². The van der Waals surface area contributed by atoms with E-state index in [0.717, 1.165) is 5.56 Å². The molecule has 3 N–H and O–H groups in total. The second kappa shape index (κ2) is 7.21. The summed E-state index contributed by atoms with van der Waals surface area (Å²) in [6.45, 7) is 1.81. The molecule has 8 heteroatoms. The molecule has 24 heavy (non-hydrogen) atoms. The molecule has 1 atom stereocenters. The lowest BCUT2D eigenvalue weighted by molar-refractivity contribution is 0.0939. The number of nitrogens with two attached hydrogens (primary N) is 1. The minimum absolute atomic E-state index is 0.0831. The van der Waals surface area contributed by atoms with Crippen LogP contribution in [0.5, 0.6) is 5.75 Å². The van der Waals surface area contributed by atoms with Crippen LogP contribution in [0, 0.1) is 0 Å². The minimum atomic E-state index is -4.01. The first-order valence-electron chi connectivity index (χ1n) is 6.99. The third-order valence-corrected chi connectivity index (χ3v) is 4.63. The Kier molecular flexibility index (Phi) is 5.48. The smallest absolute Gasteiger partial charge is 0.251 e. The van der Waals surface area contributed by atoms with Gasteiger partial charge in [0.25, 0.3) is 5.91 Å². The number of rotatable bonds is 5. The van der Waals surface area contributed by atoms with Crippen molar-refractivity contribution in [1.82, 2.24) is 5.32 Å². The van der Waals surface area contributed by atoms with Crippen molar-refractivity contribution in [3.63, 3.8) is 0 Å². The topological polar surface area (TPSA) is 98.5 Å². The van der Waals surface area contributed by atoms with E-state index in [2.05, 4.69) is 5.32 Å². The Morgan fingerprint density at radius 2 is 1.83 bits per heavy atom. The van der Waals surface area contributed by atoms with Crippen molar-refractivity contribution < 1.29 is 17.9 Å². The van der Waals surface area contributed by atoms with Crippen LogP contribution in [0.2, 0.25) is 5.02 Å². The average molecular weight is 369 g/mol. The van der Waals surface area contributed by atoms with E-state index in [9.17, 15) is 13.2 Å². The van der Waals surface area contributed by atoms with Crippen LogP contribution in [0.1, 0.15) is 28.9 Å². The molecule has 0 saturated carbocycles. The molecule has 0 bridgehead atoms. The van der Waals surface area contributed by atoms with Crippen LogP contribution in [0.3, 0.4) is 0 Å². The van der Waals surface area contributed by atoms with Crippen molar-refractivity contribution in [1.29, 1.82) is 0 Å². The van der Waals surface area contributed by atoms with Crippen LogP contribution in [0.4, 0.5) is 0 Å². The fraction of sp³-hybridized carbons (Fsp3) is 0.188. The monoisotopic (exact) mass is 368 g/mol. The number of hydrogen-bond donors (Lipinski definition) is 2. The van der Waals surface area contributed by atoms with Crippen LogP contribution < -0.4 is 15.2 Å². The summed E-state index contributed by atoms with van der Waals surface area (Å²) in [7, 11) is -2.68. The first kappa shape index (κ1) is 18.3. The third kappa shape index (κ3) is 4.25. The molecule has 128 valence electrons. The van der Waals surface area contributed by atoms with Gasteiger partial charge in [0.1, 0.15) is 10.6 Å². The lowest BCUT2D eigenvalue weighted by Gasteiger charge is -2.15. The molecule has 0 radical (unpaired) electrons. The van der Waals surface area contributed by atoms with Gasteiger partial charge < -0.3 is 10.1 Å². The molecule has 0 spiro atoms. The highest BCUT2D eigenvalue weighted by molar-refractivity contribution is 7.89. The Morgan fingerprint density at radius 1 is 1.21 bits per heavy atom. The summed E-state index contributed by atoms with van der Waals surface area (Å²) >= 11 is 5.84. The number of hydrogen-bond acceptors (Lipinski definition) is 4. The lowest BCUT2D eigenvalue weighted by atomic mass is 10.1. The van der Waals surface area contributed by atoms with Gasteiger partial charge in [-0.25, -0.2) is 13.6 Å². The zero-order valence-corrected chi connectivity index (χ0v) is 14.7. The van der Waals surface area contributed by atoms with Gasteiger partial charge in [0.15, 0.2) is 0 Å². The number of nitrogens with one attached hydrogen (secondary N) is 1. The first-order chi connectivity index (χ1) is 11.2. The van der Waals surface area contributed by atoms with Crippen molar-refractivity contribution in [2.24, 2.45) is 5.14 Å². The van der Waals surface area contributed by atoms with E-state index in [4.69, 9.17) is 21.5 Å². The predicted molar refractivity (Wildman–Crippen MR) is 91.7 cm³/mol. The van der Waals surface area contributed by atoms with Crippen molar-refractivity contribution in [2.75, 3.05) is 7.11 Å². The Hall–Kier alpha value is -2.09. The van der Waals surface area contributed by atoms with Gasteiger partial charge in [-0.2, -0.15) is 0 Å². The molecular formula is C16H17ClN2O4S. The molecule has 2 rings (SSSR count). The molecule has 0 aromatic heterocycles. The maximum absolute atomic E-state index is 12.4. The van der Waals surface area contributed by atoms with Gasteiger partial charge in [-0.05, 0) is 42.8 Å². The number of primary sulfonamides is 1. The van der Waals surface area contributed by atoms with Crippen LogP contribution in [0.25, 0.3) is 0 Å². The van der Waals surface area contributed by atoms with E-state index >= 15 is 0 Å². The average Bonchev–Trinajstić information content (AvgIpc) is 2.53. The summed E-state index contributed by atoms with van der Waals surface area (Å²) < 4.78 is 28.2. The van der Waals surface area contributed by atoms with E-state index in [0.29, 0.717) is 5.02 Å². The van der Waals surface area contributed by atoms with E-state index in [-0.39, 0.29) is 22.3 Å². The summed E-state index contributed by atoms with van der Waals surface area (Å²) in [4.78, 5) is 12.1. The van der Waals surface area contributed by atoms with Crippen molar-refractivity contribution in [3.05, 3.63) is 58.6 Å². The molecule has 2 aromatic carbocycles. The van der Waals surface area contributed by atoms with Gasteiger partial charge in [-0.15, -0.1) is 0 Å². The lowest BCUT2D eigenvalue weighted by Crippen LogP contribution is -2.27. The molecule has 2 aromatic rings. The largest absolute Gasteiger partial charge is 0.495 e. The normalized spacial score (nSPS) is 12.5. The number of benzene rings is 2. The standard InChI is InChI=1S/C16H17ClN2O4S/c1-10(11-3-6-13(17)7-4-11)19-16(20)12-5-8-14(23-2)15(9-12)24(18,21)22/h3-10H,1-2H3,(H,19,20)(H2,18,21,22)/t10-/m1/s1. The number of carbonyl (C=O) groups is 1. The molecule has 0 unspecified atom stereocenters. The molecular weight excluding hydrogens is 352 g/mol. The zero-order valence-electron chi connectivity index (χ0n) is 13.1. The molecule has 0 aliphatic heterocycles. The Balaban J connectivity index is 2.25. The summed E-state index contributed by atoms with van der Waals surface area (Å²) in [5.41, 5.74) is 1.04. The summed E-state index contributed by atoms with van der Waals surface area (Å²) in [6, 6.07) is 10.8. The van der Waals surface area contributed by atoms with E-state index in [1.165, 1.54) is 25.3 Å². The van der Waals surface area contributed by atoms with Gasteiger partial charge >= 0.3 is 0 Å². The number of methoxy groups -OCH3 is 1. The van der Waals surface area contributed by atoms with Crippen molar-refractivity contribution in [3.8, 4) is 5.75 Å². The molecule has 0 aliphatic rings.